The highest BCUT2D eigenvalue weighted by atomic mass is 16.3. The Morgan fingerprint density at radius 3 is 2.29 bits per heavy atom. The van der Waals surface area contributed by atoms with Crippen molar-refractivity contribution in [1.82, 2.24) is 0 Å². The van der Waals surface area contributed by atoms with E-state index in [1.807, 2.05) is 60.7 Å². The zero-order chi connectivity index (χ0) is 14.8. The molecular formula is C18H15NO2. The number of rotatable bonds is 3. The highest BCUT2D eigenvalue weighted by molar-refractivity contribution is 6.07. The maximum absolute atomic E-state index is 11.9. The van der Waals surface area contributed by atoms with Gasteiger partial charge >= 0.3 is 0 Å². The number of fused-ring (bicyclic) bond motifs is 1. The fraction of sp³-hybridized carbons (Fsp3) is 0.0556. The topological polar surface area (TPSA) is 63.3 Å². The van der Waals surface area contributed by atoms with Crippen LogP contribution in [0.2, 0.25) is 0 Å². The Balaban J connectivity index is 2.23. The van der Waals surface area contributed by atoms with Gasteiger partial charge in [0.1, 0.15) is 6.10 Å². The van der Waals surface area contributed by atoms with Crippen LogP contribution in [0.15, 0.2) is 66.7 Å². The van der Waals surface area contributed by atoms with Gasteiger partial charge in [-0.05, 0) is 21.9 Å². The van der Waals surface area contributed by atoms with E-state index in [1.165, 1.54) is 0 Å². The lowest BCUT2D eigenvalue weighted by Crippen LogP contribution is -2.16. The number of hydrogen-bond donors (Lipinski definition) is 2. The van der Waals surface area contributed by atoms with E-state index in [-0.39, 0.29) is 0 Å². The molecule has 3 aromatic carbocycles. The predicted molar refractivity (Wildman–Crippen MR) is 83.0 cm³/mol. The highest BCUT2D eigenvalue weighted by Gasteiger charge is 2.19. The number of primary amides is 1. The Labute approximate surface area is 122 Å². The fourth-order valence-electron chi connectivity index (χ4n) is 2.61. The van der Waals surface area contributed by atoms with Gasteiger partial charge in [0, 0.05) is 0 Å². The lowest BCUT2D eigenvalue weighted by Gasteiger charge is -2.16. The van der Waals surface area contributed by atoms with Crippen LogP contribution >= 0.6 is 0 Å². The second-order valence-corrected chi connectivity index (χ2v) is 4.93. The van der Waals surface area contributed by atoms with Gasteiger partial charge in [0.15, 0.2) is 0 Å². The summed E-state index contributed by atoms with van der Waals surface area (Å²) in [5, 5.41) is 12.3. The van der Waals surface area contributed by atoms with Gasteiger partial charge in [0.25, 0.3) is 0 Å². The fourth-order valence-corrected chi connectivity index (χ4v) is 2.61. The minimum atomic E-state index is -0.877. The number of aliphatic hydroxyl groups is 1. The number of carbonyl (C=O) groups excluding carboxylic acids is 1. The molecule has 1 unspecified atom stereocenters. The lowest BCUT2D eigenvalue weighted by atomic mass is 9.92. The van der Waals surface area contributed by atoms with E-state index >= 15 is 0 Å². The summed E-state index contributed by atoms with van der Waals surface area (Å²) in [6.07, 6.45) is -0.877. The van der Waals surface area contributed by atoms with Crippen LogP contribution in [0.5, 0.6) is 0 Å². The van der Waals surface area contributed by atoms with Crippen molar-refractivity contribution in [2.75, 3.05) is 0 Å². The highest BCUT2D eigenvalue weighted by Crippen LogP contribution is 2.30. The van der Waals surface area contributed by atoms with E-state index in [2.05, 4.69) is 0 Å². The maximum atomic E-state index is 11.9. The normalized spacial score (nSPS) is 12.2. The summed E-state index contributed by atoms with van der Waals surface area (Å²) in [6.45, 7) is 0. The molecule has 0 fully saturated rings. The number of carbonyl (C=O) groups is 1. The third-order valence-corrected chi connectivity index (χ3v) is 3.62. The minimum Gasteiger partial charge on any atom is -0.384 e. The summed E-state index contributed by atoms with van der Waals surface area (Å²) in [5.41, 5.74) is 7.19. The first-order chi connectivity index (χ1) is 10.2. The molecule has 0 saturated heterocycles. The van der Waals surface area contributed by atoms with Crippen molar-refractivity contribution in [3.05, 3.63) is 83.4 Å². The van der Waals surface area contributed by atoms with Crippen LogP contribution in [0.1, 0.15) is 27.6 Å². The molecule has 0 aliphatic carbocycles. The van der Waals surface area contributed by atoms with Crippen LogP contribution in [0.25, 0.3) is 10.8 Å². The van der Waals surface area contributed by atoms with Crippen LogP contribution in [-0.4, -0.2) is 11.0 Å². The molecule has 0 heterocycles. The summed E-state index contributed by atoms with van der Waals surface area (Å²) < 4.78 is 0. The van der Waals surface area contributed by atoms with E-state index in [4.69, 9.17) is 5.73 Å². The number of hydrogen-bond acceptors (Lipinski definition) is 2. The molecule has 0 aliphatic heterocycles. The molecule has 1 amide bonds. The van der Waals surface area contributed by atoms with E-state index in [0.29, 0.717) is 11.1 Å². The maximum Gasteiger partial charge on any atom is 0.249 e. The molecule has 0 aliphatic rings. The van der Waals surface area contributed by atoms with Gasteiger partial charge in [-0.25, -0.2) is 0 Å². The van der Waals surface area contributed by atoms with Crippen LogP contribution in [0.4, 0.5) is 0 Å². The smallest absolute Gasteiger partial charge is 0.249 e. The first-order valence-corrected chi connectivity index (χ1v) is 6.73. The van der Waals surface area contributed by atoms with Crippen LogP contribution in [-0.2, 0) is 0 Å². The van der Waals surface area contributed by atoms with Crippen LogP contribution in [0, 0.1) is 0 Å². The lowest BCUT2D eigenvalue weighted by molar-refractivity contribution is 0.0997. The Kier molecular flexibility index (Phi) is 3.42. The quantitative estimate of drug-likeness (QED) is 0.773. The summed E-state index contributed by atoms with van der Waals surface area (Å²) >= 11 is 0. The third-order valence-electron chi connectivity index (χ3n) is 3.62. The molecule has 0 radical (unpaired) electrons. The van der Waals surface area contributed by atoms with E-state index in [1.54, 1.807) is 6.07 Å². The average molecular weight is 277 g/mol. The number of benzene rings is 3. The summed E-state index contributed by atoms with van der Waals surface area (Å²) in [7, 11) is 0. The summed E-state index contributed by atoms with van der Waals surface area (Å²) in [5.74, 6) is -0.531. The molecule has 3 rings (SSSR count). The number of amides is 1. The van der Waals surface area contributed by atoms with Gasteiger partial charge < -0.3 is 10.8 Å². The Bertz CT molecular complexity index is 797. The van der Waals surface area contributed by atoms with Crippen molar-refractivity contribution in [1.29, 1.82) is 0 Å². The first-order valence-electron chi connectivity index (χ1n) is 6.73. The van der Waals surface area contributed by atoms with Gasteiger partial charge in [-0.15, -0.1) is 0 Å². The molecule has 3 nitrogen and oxygen atoms in total. The Morgan fingerprint density at radius 1 is 0.905 bits per heavy atom. The Hall–Kier alpha value is -2.65. The summed E-state index contributed by atoms with van der Waals surface area (Å²) in [6, 6.07) is 20.4. The van der Waals surface area contributed by atoms with Crippen molar-refractivity contribution >= 4 is 16.7 Å². The van der Waals surface area contributed by atoms with Crippen LogP contribution in [0.3, 0.4) is 0 Å². The van der Waals surface area contributed by atoms with Crippen molar-refractivity contribution < 1.29 is 9.90 Å². The molecule has 0 bridgehead atoms. The van der Waals surface area contributed by atoms with Gasteiger partial charge in [-0.2, -0.15) is 0 Å². The second kappa shape index (κ2) is 5.38. The molecule has 3 N–H and O–H groups in total. The zero-order valence-electron chi connectivity index (χ0n) is 11.4. The average Bonchev–Trinajstić information content (AvgIpc) is 2.53. The SMILES string of the molecule is NC(=O)c1c(C(O)c2ccccc2)ccc2ccccc12. The largest absolute Gasteiger partial charge is 0.384 e. The summed E-state index contributed by atoms with van der Waals surface area (Å²) in [4.78, 5) is 11.9. The molecule has 0 aromatic heterocycles. The van der Waals surface area contributed by atoms with E-state index in [0.717, 1.165) is 16.3 Å². The molecule has 1 atom stereocenters. The van der Waals surface area contributed by atoms with Gasteiger partial charge in [0.2, 0.25) is 5.91 Å². The van der Waals surface area contributed by atoms with Crippen molar-refractivity contribution in [2.45, 2.75) is 6.10 Å². The van der Waals surface area contributed by atoms with E-state index < -0.39 is 12.0 Å². The van der Waals surface area contributed by atoms with E-state index in [9.17, 15) is 9.90 Å². The Morgan fingerprint density at radius 2 is 1.57 bits per heavy atom. The number of aliphatic hydroxyl groups excluding tert-OH is 1. The van der Waals surface area contributed by atoms with Gasteiger partial charge in [-0.1, -0.05) is 66.7 Å². The predicted octanol–water partition coefficient (Wildman–Crippen LogP) is 3.02. The molecule has 0 saturated carbocycles. The van der Waals surface area contributed by atoms with Gasteiger partial charge in [0.05, 0.1) is 5.56 Å². The standard InChI is InChI=1S/C18H15NO2/c19-18(21)16-14-9-5-4-6-12(14)10-11-15(16)17(20)13-7-2-1-3-8-13/h1-11,17,20H,(H2,19,21). The third kappa shape index (κ3) is 2.39. The number of nitrogens with two attached hydrogens (primary N) is 1. The molecule has 21 heavy (non-hydrogen) atoms. The molecule has 0 spiro atoms. The second-order valence-electron chi connectivity index (χ2n) is 4.93. The van der Waals surface area contributed by atoms with Crippen molar-refractivity contribution in [3.8, 4) is 0 Å². The molecule has 3 aromatic rings. The van der Waals surface area contributed by atoms with Gasteiger partial charge in [-0.3, -0.25) is 4.79 Å². The molecular weight excluding hydrogens is 262 g/mol. The monoisotopic (exact) mass is 277 g/mol. The van der Waals surface area contributed by atoms with Crippen molar-refractivity contribution in [3.63, 3.8) is 0 Å². The molecule has 3 heteroatoms. The van der Waals surface area contributed by atoms with Crippen LogP contribution < -0.4 is 5.73 Å². The zero-order valence-corrected chi connectivity index (χ0v) is 11.4. The first kappa shape index (κ1) is 13.3. The minimum absolute atomic E-state index is 0.379. The van der Waals surface area contributed by atoms with Crippen molar-refractivity contribution in [2.24, 2.45) is 5.73 Å². The molecule has 104 valence electrons.